The molecule has 8 nitrogen and oxygen atoms in total. The van der Waals surface area contributed by atoms with Gasteiger partial charge in [-0.1, -0.05) is 44.2 Å². The van der Waals surface area contributed by atoms with Crippen LogP contribution >= 0.6 is 0 Å². The van der Waals surface area contributed by atoms with Crippen molar-refractivity contribution in [3.05, 3.63) is 64.6 Å². The van der Waals surface area contributed by atoms with E-state index in [1.165, 1.54) is 36.9 Å². The Labute approximate surface area is 181 Å². The molecular formula is C22H27N3O5S. The zero-order valence-corrected chi connectivity index (χ0v) is 18.8. The summed E-state index contributed by atoms with van der Waals surface area (Å²) < 4.78 is 32.1. The first-order chi connectivity index (χ1) is 14.6. The lowest BCUT2D eigenvalue weighted by atomic mass is 9.97. The molecule has 0 saturated heterocycles. The highest BCUT2D eigenvalue weighted by atomic mass is 32.2. The molecule has 1 atom stereocenters. The molecule has 1 aromatic heterocycles. The molecule has 1 amide bonds. The number of nitrogens with one attached hydrogen (secondary N) is 1. The summed E-state index contributed by atoms with van der Waals surface area (Å²) in [5.74, 6) is -0.686. The number of aromatic nitrogens is 1. The minimum Gasteiger partial charge on any atom is -0.408 e. The van der Waals surface area contributed by atoms with Crippen LogP contribution in [0.1, 0.15) is 31.9 Å². The van der Waals surface area contributed by atoms with Gasteiger partial charge in [0.1, 0.15) is 6.54 Å². The monoisotopic (exact) mass is 445 g/mol. The molecule has 166 valence electrons. The second-order valence-electron chi connectivity index (χ2n) is 8.03. The first-order valence-corrected chi connectivity index (χ1v) is 11.4. The summed E-state index contributed by atoms with van der Waals surface area (Å²) >= 11 is 0. The zero-order valence-electron chi connectivity index (χ0n) is 18.0. The average Bonchev–Trinajstić information content (AvgIpc) is 3.02. The molecule has 2 aromatic carbocycles. The minimum absolute atomic E-state index is 0.0106. The van der Waals surface area contributed by atoms with Crippen molar-refractivity contribution in [2.45, 2.75) is 37.8 Å². The van der Waals surface area contributed by atoms with Crippen molar-refractivity contribution in [2.24, 2.45) is 5.92 Å². The van der Waals surface area contributed by atoms with Gasteiger partial charge in [-0.2, -0.15) is 0 Å². The van der Waals surface area contributed by atoms with Crippen molar-refractivity contribution in [1.29, 1.82) is 0 Å². The Bertz CT molecular complexity index is 1230. The highest BCUT2D eigenvalue weighted by molar-refractivity contribution is 7.89. The molecule has 0 aliphatic heterocycles. The fourth-order valence-corrected chi connectivity index (χ4v) is 4.30. The third-order valence-corrected chi connectivity index (χ3v) is 6.78. The van der Waals surface area contributed by atoms with Crippen molar-refractivity contribution >= 4 is 27.0 Å². The topological polar surface area (TPSA) is 102 Å². The lowest BCUT2D eigenvalue weighted by Gasteiger charge is -2.21. The molecule has 0 spiro atoms. The van der Waals surface area contributed by atoms with Crippen LogP contribution in [0.15, 0.2) is 62.6 Å². The van der Waals surface area contributed by atoms with Crippen LogP contribution in [0.3, 0.4) is 0 Å². The average molecular weight is 446 g/mol. The van der Waals surface area contributed by atoms with Crippen molar-refractivity contribution in [2.75, 3.05) is 14.1 Å². The molecule has 0 bridgehead atoms. The van der Waals surface area contributed by atoms with Crippen molar-refractivity contribution in [3.8, 4) is 0 Å². The van der Waals surface area contributed by atoms with E-state index in [2.05, 4.69) is 19.2 Å². The van der Waals surface area contributed by atoms with Gasteiger partial charge in [-0.15, -0.1) is 0 Å². The summed E-state index contributed by atoms with van der Waals surface area (Å²) in [6.45, 7) is 3.93. The molecule has 0 aliphatic rings. The Morgan fingerprint density at radius 1 is 1.13 bits per heavy atom. The van der Waals surface area contributed by atoms with Gasteiger partial charge in [0.25, 0.3) is 0 Å². The number of hydrogen-bond donors (Lipinski definition) is 1. The fraction of sp³-hybridized carbons (Fsp3) is 0.364. The molecule has 1 N–H and O–H groups in total. The molecule has 0 saturated carbocycles. The summed E-state index contributed by atoms with van der Waals surface area (Å²) in [4.78, 5) is 25.1. The molecule has 3 rings (SSSR count). The number of carbonyl (C=O) groups is 1. The summed E-state index contributed by atoms with van der Waals surface area (Å²) in [6, 6.07) is 13.7. The van der Waals surface area contributed by atoms with Gasteiger partial charge in [-0.25, -0.2) is 17.5 Å². The number of fused-ring (bicyclic) bond motifs is 1. The lowest BCUT2D eigenvalue weighted by molar-refractivity contribution is -0.122. The van der Waals surface area contributed by atoms with Crippen molar-refractivity contribution in [1.82, 2.24) is 14.2 Å². The number of hydrogen-bond acceptors (Lipinski definition) is 5. The summed E-state index contributed by atoms with van der Waals surface area (Å²) in [5.41, 5.74) is 1.47. The van der Waals surface area contributed by atoms with Crippen LogP contribution < -0.4 is 11.1 Å². The van der Waals surface area contributed by atoms with E-state index in [1.54, 1.807) is 0 Å². The SMILES string of the molecule is CC(C)CC(NC(=O)Cn1c(=O)oc2cc(S(=O)(=O)N(C)C)ccc21)c1ccccc1. The fourth-order valence-electron chi connectivity index (χ4n) is 3.39. The van der Waals surface area contributed by atoms with Crippen molar-refractivity contribution < 1.29 is 17.6 Å². The predicted molar refractivity (Wildman–Crippen MR) is 118 cm³/mol. The van der Waals surface area contributed by atoms with E-state index >= 15 is 0 Å². The Hall–Kier alpha value is -2.91. The van der Waals surface area contributed by atoms with Gasteiger partial charge in [0, 0.05) is 20.2 Å². The number of nitrogens with zero attached hydrogens (tertiary/aromatic N) is 2. The van der Waals surface area contributed by atoms with Gasteiger partial charge in [-0.05, 0) is 30.0 Å². The largest absolute Gasteiger partial charge is 0.420 e. The maximum absolute atomic E-state index is 12.8. The molecule has 31 heavy (non-hydrogen) atoms. The lowest BCUT2D eigenvalue weighted by Crippen LogP contribution is -2.34. The van der Waals surface area contributed by atoms with E-state index in [1.807, 2.05) is 30.3 Å². The Kier molecular flexibility index (Phi) is 6.66. The number of benzene rings is 2. The van der Waals surface area contributed by atoms with Crippen LogP contribution in [0, 0.1) is 5.92 Å². The van der Waals surface area contributed by atoms with Crippen LogP contribution in [0.5, 0.6) is 0 Å². The molecule has 1 heterocycles. The second kappa shape index (κ2) is 9.07. The van der Waals surface area contributed by atoms with Crippen LogP contribution in [-0.4, -0.2) is 37.3 Å². The zero-order chi connectivity index (χ0) is 22.8. The predicted octanol–water partition coefficient (Wildman–Crippen LogP) is 2.75. The number of carbonyl (C=O) groups excluding carboxylic acids is 1. The molecule has 0 aliphatic carbocycles. The maximum atomic E-state index is 12.8. The van der Waals surface area contributed by atoms with E-state index < -0.39 is 15.8 Å². The van der Waals surface area contributed by atoms with Gasteiger partial charge in [0.15, 0.2) is 5.58 Å². The molecule has 3 aromatic rings. The van der Waals surface area contributed by atoms with Crippen molar-refractivity contribution in [3.63, 3.8) is 0 Å². The third-order valence-electron chi connectivity index (χ3n) is 4.96. The number of oxazole rings is 1. The second-order valence-corrected chi connectivity index (χ2v) is 10.2. The molecule has 0 fully saturated rings. The molecule has 1 unspecified atom stereocenters. The first kappa shape index (κ1) is 22.8. The summed E-state index contributed by atoms with van der Waals surface area (Å²) in [5, 5.41) is 3.00. The third kappa shape index (κ3) is 5.05. The van der Waals surface area contributed by atoms with Gasteiger partial charge in [-0.3, -0.25) is 9.36 Å². The number of rotatable bonds is 8. The normalized spacial score (nSPS) is 13.1. The Morgan fingerprint density at radius 2 is 1.81 bits per heavy atom. The Morgan fingerprint density at radius 3 is 2.42 bits per heavy atom. The molecular weight excluding hydrogens is 418 g/mol. The van der Waals surface area contributed by atoms with E-state index in [-0.39, 0.29) is 29.0 Å². The molecule has 9 heteroatoms. The standard InChI is InChI=1S/C22H27N3O5S/c1-15(2)12-18(16-8-6-5-7-9-16)23-21(26)14-25-19-11-10-17(31(28,29)24(3)4)13-20(19)30-22(25)27/h5-11,13,15,18H,12,14H2,1-4H3,(H,23,26). The van der Waals surface area contributed by atoms with E-state index in [9.17, 15) is 18.0 Å². The maximum Gasteiger partial charge on any atom is 0.420 e. The summed E-state index contributed by atoms with van der Waals surface area (Å²) in [6.07, 6.45) is 0.753. The van der Waals surface area contributed by atoms with Crippen LogP contribution in [-0.2, 0) is 21.4 Å². The van der Waals surface area contributed by atoms with Gasteiger partial charge in [0.05, 0.1) is 16.5 Å². The van der Waals surface area contributed by atoms with E-state index in [0.29, 0.717) is 11.4 Å². The van der Waals surface area contributed by atoms with Crippen LogP contribution in [0.25, 0.3) is 11.1 Å². The quantitative estimate of drug-likeness (QED) is 0.574. The number of amides is 1. The highest BCUT2D eigenvalue weighted by Crippen LogP contribution is 2.22. The van der Waals surface area contributed by atoms with Gasteiger partial charge < -0.3 is 9.73 Å². The smallest absolute Gasteiger partial charge is 0.408 e. The van der Waals surface area contributed by atoms with E-state index in [0.717, 1.165) is 16.3 Å². The highest BCUT2D eigenvalue weighted by Gasteiger charge is 2.22. The molecule has 0 radical (unpaired) electrons. The van der Waals surface area contributed by atoms with E-state index in [4.69, 9.17) is 4.42 Å². The van der Waals surface area contributed by atoms with Crippen LogP contribution in [0.4, 0.5) is 0 Å². The minimum atomic E-state index is -3.67. The Balaban J connectivity index is 1.86. The van der Waals surface area contributed by atoms with Crippen LogP contribution in [0.2, 0.25) is 0 Å². The summed E-state index contributed by atoms with van der Waals surface area (Å²) in [7, 11) is -0.826. The van der Waals surface area contributed by atoms with Gasteiger partial charge >= 0.3 is 5.76 Å². The first-order valence-electron chi connectivity index (χ1n) is 10.00. The van der Waals surface area contributed by atoms with Gasteiger partial charge in [0.2, 0.25) is 15.9 Å². The number of sulfonamides is 1.